The van der Waals surface area contributed by atoms with Crippen molar-refractivity contribution in [2.24, 2.45) is 0 Å². The highest BCUT2D eigenvalue weighted by atomic mass is 16.2. The van der Waals surface area contributed by atoms with Gasteiger partial charge < -0.3 is 10.6 Å². The lowest BCUT2D eigenvalue weighted by atomic mass is 10.1. The molecule has 0 saturated carbocycles. The Morgan fingerprint density at radius 3 is 2.43 bits per heavy atom. The van der Waals surface area contributed by atoms with Crippen LogP contribution in [0.5, 0.6) is 0 Å². The van der Waals surface area contributed by atoms with E-state index in [0.717, 1.165) is 5.56 Å². The molecular weight excluding hydrogens is 270 g/mol. The number of nitrogens with one attached hydrogen (secondary N) is 4. The summed E-state index contributed by atoms with van der Waals surface area (Å²) in [6, 6.07) is 10.1. The first-order chi connectivity index (χ1) is 10.1. The van der Waals surface area contributed by atoms with E-state index in [0.29, 0.717) is 5.69 Å². The van der Waals surface area contributed by atoms with Crippen LogP contribution in [0.15, 0.2) is 41.2 Å². The zero-order valence-electron chi connectivity index (χ0n) is 11.8. The molecule has 0 aliphatic heterocycles. The van der Waals surface area contributed by atoms with Crippen LogP contribution in [-0.2, 0) is 0 Å². The Labute approximate surface area is 121 Å². The monoisotopic (exact) mass is 287 g/mol. The van der Waals surface area contributed by atoms with Crippen molar-refractivity contribution in [3.05, 3.63) is 52.3 Å². The van der Waals surface area contributed by atoms with Gasteiger partial charge in [-0.1, -0.05) is 12.1 Å². The van der Waals surface area contributed by atoms with Gasteiger partial charge in [0.05, 0.1) is 0 Å². The van der Waals surface area contributed by atoms with E-state index in [1.54, 1.807) is 0 Å². The molecule has 1 atom stereocenters. The van der Waals surface area contributed by atoms with Gasteiger partial charge in [0, 0.05) is 17.8 Å². The highest BCUT2D eigenvalue weighted by Crippen LogP contribution is 2.15. The standard InChI is InChI=1S/C14H17N5O2/c1-9(15-2)10-3-5-11(6-4-10)16-14(21)17-12-7-8-13(20)19-18-12/h3-9,15H,1-2H3,(H,19,20)(H2,16,17,18,21). The second-order valence-electron chi connectivity index (χ2n) is 4.52. The van der Waals surface area contributed by atoms with Crippen LogP contribution in [0.2, 0.25) is 0 Å². The maximum Gasteiger partial charge on any atom is 0.324 e. The number of benzene rings is 1. The van der Waals surface area contributed by atoms with Gasteiger partial charge in [-0.2, -0.15) is 5.10 Å². The summed E-state index contributed by atoms with van der Waals surface area (Å²) in [5.41, 5.74) is 1.48. The third kappa shape index (κ3) is 4.15. The summed E-state index contributed by atoms with van der Waals surface area (Å²) in [6.45, 7) is 2.05. The number of rotatable bonds is 4. The predicted molar refractivity (Wildman–Crippen MR) is 81.4 cm³/mol. The zero-order valence-corrected chi connectivity index (χ0v) is 11.8. The molecule has 0 bridgehead atoms. The number of carbonyl (C=O) groups excluding carboxylic acids is 1. The number of aromatic nitrogens is 2. The zero-order chi connectivity index (χ0) is 15.2. The Hall–Kier alpha value is -2.67. The second kappa shape index (κ2) is 6.67. The van der Waals surface area contributed by atoms with Gasteiger partial charge in [-0.3, -0.25) is 10.1 Å². The van der Waals surface area contributed by atoms with Crippen LogP contribution in [0.1, 0.15) is 18.5 Å². The fourth-order valence-corrected chi connectivity index (χ4v) is 1.71. The summed E-state index contributed by atoms with van der Waals surface area (Å²) >= 11 is 0. The molecule has 1 unspecified atom stereocenters. The van der Waals surface area contributed by atoms with Gasteiger partial charge in [-0.05, 0) is 37.7 Å². The normalized spacial score (nSPS) is 11.7. The molecule has 21 heavy (non-hydrogen) atoms. The molecule has 1 heterocycles. The molecular formula is C14H17N5O2. The van der Waals surface area contributed by atoms with E-state index in [9.17, 15) is 9.59 Å². The number of hydrogen-bond acceptors (Lipinski definition) is 4. The fraction of sp³-hybridized carbons (Fsp3) is 0.214. The summed E-state index contributed by atoms with van der Waals surface area (Å²) in [6.07, 6.45) is 0. The maximum atomic E-state index is 11.8. The molecule has 0 saturated heterocycles. The van der Waals surface area contributed by atoms with Crippen molar-refractivity contribution in [3.8, 4) is 0 Å². The molecule has 4 N–H and O–H groups in total. The molecule has 0 radical (unpaired) electrons. The summed E-state index contributed by atoms with van der Waals surface area (Å²) in [5.74, 6) is 0.271. The topological polar surface area (TPSA) is 98.9 Å². The molecule has 1 aromatic heterocycles. The van der Waals surface area contributed by atoms with Gasteiger partial charge >= 0.3 is 6.03 Å². The highest BCUT2D eigenvalue weighted by molar-refractivity contribution is 5.99. The Kier molecular flexibility index (Phi) is 4.68. The molecule has 2 amide bonds. The van der Waals surface area contributed by atoms with E-state index >= 15 is 0 Å². The van der Waals surface area contributed by atoms with Crippen LogP contribution in [0.25, 0.3) is 0 Å². The average molecular weight is 287 g/mol. The van der Waals surface area contributed by atoms with E-state index in [2.05, 4.69) is 33.1 Å². The van der Waals surface area contributed by atoms with Crippen molar-refractivity contribution >= 4 is 17.5 Å². The maximum absolute atomic E-state index is 11.8. The Balaban J connectivity index is 1.96. The van der Waals surface area contributed by atoms with E-state index in [-0.39, 0.29) is 17.4 Å². The third-order valence-corrected chi connectivity index (χ3v) is 3.02. The molecule has 1 aromatic carbocycles. The number of anilines is 2. The number of carbonyl (C=O) groups is 1. The van der Waals surface area contributed by atoms with Crippen LogP contribution in [0.3, 0.4) is 0 Å². The van der Waals surface area contributed by atoms with Gasteiger partial charge in [0.2, 0.25) is 0 Å². The minimum atomic E-state index is -0.427. The van der Waals surface area contributed by atoms with Crippen molar-refractivity contribution in [1.82, 2.24) is 15.5 Å². The van der Waals surface area contributed by atoms with Gasteiger partial charge in [0.25, 0.3) is 5.56 Å². The van der Waals surface area contributed by atoms with Crippen molar-refractivity contribution in [3.63, 3.8) is 0 Å². The number of H-pyrrole nitrogens is 1. The molecule has 110 valence electrons. The number of urea groups is 1. The summed E-state index contributed by atoms with van der Waals surface area (Å²) in [5, 5.41) is 14.3. The molecule has 0 fully saturated rings. The minimum Gasteiger partial charge on any atom is -0.313 e. The molecule has 0 spiro atoms. The van der Waals surface area contributed by atoms with Crippen LogP contribution in [0.4, 0.5) is 16.3 Å². The van der Waals surface area contributed by atoms with Crippen molar-refractivity contribution in [2.45, 2.75) is 13.0 Å². The summed E-state index contributed by atoms with van der Waals surface area (Å²) in [7, 11) is 1.89. The SMILES string of the molecule is CNC(C)c1ccc(NC(=O)Nc2ccc(=O)[nH]n2)cc1. The first-order valence-electron chi connectivity index (χ1n) is 6.49. The molecule has 0 aliphatic rings. The molecule has 7 heteroatoms. The Morgan fingerprint density at radius 1 is 1.14 bits per heavy atom. The quantitative estimate of drug-likeness (QED) is 0.687. The first-order valence-corrected chi connectivity index (χ1v) is 6.49. The van der Waals surface area contributed by atoms with Gasteiger partial charge in [-0.15, -0.1) is 0 Å². The van der Waals surface area contributed by atoms with Gasteiger partial charge in [-0.25, -0.2) is 9.89 Å². The van der Waals surface area contributed by atoms with E-state index in [1.807, 2.05) is 31.3 Å². The Morgan fingerprint density at radius 2 is 1.86 bits per heavy atom. The van der Waals surface area contributed by atoms with Crippen LogP contribution >= 0.6 is 0 Å². The molecule has 0 aliphatic carbocycles. The summed E-state index contributed by atoms with van der Waals surface area (Å²) in [4.78, 5) is 22.6. The molecule has 2 rings (SSSR count). The predicted octanol–water partition coefficient (Wildman–Crippen LogP) is 1.69. The van der Waals surface area contributed by atoms with Crippen LogP contribution in [0, 0.1) is 0 Å². The third-order valence-electron chi connectivity index (χ3n) is 3.02. The second-order valence-corrected chi connectivity index (χ2v) is 4.52. The fourth-order valence-electron chi connectivity index (χ4n) is 1.71. The van der Waals surface area contributed by atoms with Crippen molar-refractivity contribution in [1.29, 1.82) is 0 Å². The smallest absolute Gasteiger partial charge is 0.313 e. The van der Waals surface area contributed by atoms with Gasteiger partial charge in [0.1, 0.15) is 0 Å². The molecule has 2 aromatic rings. The lowest BCUT2D eigenvalue weighted by molar-refractivity contribution is 0.262. The van der Waals surface area contributed by atoms with E-state index < -0.39 is 6.03 Å². The number of amides is 2. The van der Waals surface area contributed by atoms with E-state index in [1.165, 1.54) is 12.1 Å². The Bertz CT molecular complexity index is 645. The number of aromatic amines is 1. The average Bonchev–Trinajstić information content (AvgIpc) is 2.49. The van der Waals surface area contributed by atoms with Crippen molar-refractivity contribution < 1.29 is 4.79 Å². The van der Waals surface area contributed by atoms with Crippen LogP contribution in [-0.4, -0.2) is 23.3 Å². The first kappa shape index (κ1) is 14.7. The number of hydrogen-bond donors (Lipinski definition) is 4. The number of nitrogens with zero attached hydrogens (tertiary/aromatic N) is 1. The lowest BCUT2D eigenvalue weighted by Gasteiger charge is -2.11. The summed E-state index contributed by atoms with van der Waals surface area (Å²) < 4.78 is 0. The molecule has 7 nitrogen and oxygen atoms in total. The largest absolute Gasteiger partial charge is 0.324 e. The lowest BCUT2D eigenvalue weighted by Crippen LogP contribution is -2.21. The minimum absolute atomic E-state index is 0.248. The van der Waals surface area contributed by atoms with Crippen LogP contribution < -0.4 is 21.5 Å². The highest BCUT2D eigenvalue weighted by Gasteiger charge is 2.05. The van der Waals surface area contributed by atoms with Crippen molar-refractivity contribution in [2.75, 3.05) is 17.7 Å². The van der Waals surface area contributed by atoms with E-state index in [4.69, 9.17) is 0 Å². The van der Waals surface area contributed by atoms with Gasteiger partial charge in [0.15, 0.2) is 5.82 Å².